The molecule has 0 bridgehead atoms. The molecule has 6 nitrogen and oxygen atoms in total. The van der Waals surface area contributed by atoms with E-state index in [9.17, 15) is 45.5 Å². The van der Waals surface area contributed by atoms with Crippen molar-refractivity contribution in [3.05, 3.63) is 69.8 Å². The average molecular weight is 476 g/mol. The van der Waals surface area contributed by atoms with Crippen molar-refractivity contribution < 1.29 is 55.0 Å². The van der Waals surface area contributed by atoms with Crippen LogP contribution in [0.3, 0.4) is 0 Å². The number of esters is 4. The molecule has 0 saturated carbocycles. The molecule has 12 heteroatoms. The number of hydrogen-bond acceptors (Lipinski definition) is 6. The van der Waals surface area contributed by atoms with Gasteiger partial charge in [0.15, 0.2) is 0 Å². The number of ether oxygens (including phenoxy) is 2. The summed E-state index contributed by atoms with van der Waals surface area (Å²) in [5.74, 6) is -5.23. The average Bonchev–Trinajstić information content (AvgIpc) is 3.09. The molecule has 2 aliphatic heterocycles. The van der Waals surface area contributed by atoms with E-state index in [2.05, 4.69) is 9.47 Å². The summed E-state index contributed by atoms with van der Waals surface area (Å²) in [4.78, 5) is 46.5. The van der Waals surface area contributed by atoms with Crippen molar-refractivity contribution in [2.24, 2.45) is 0 Å². The first-order valence-electron chi connectivity index (χ1n) is 8.24. The number of alkyl halides is 6. The van der Waals surface area contributed by atoms with E-state index >= 15 is 0 Å². The number of carbonyl (C=O) groups excluding carboxylic acids is 4. The first kappa shape index (κ1) is 25.6. The van der Waals surface area contributed by atoms with Crippen LogP contribution in [0.5, 0.6) is 0 Å². The molecular formula is C21H14F6O6. The van der Waals surface area contributed by atoms with E-state index in [1.54, 1.807) is 0 Å². The predicted molar refractivity (Wildman–Crippen MR) is 98.7 cm³/mol. The Morgan fingerprint density at radius 2 is 0.818 bits per heavy atom. The van der Waals surface area contributed by atoms with Gasteiger partial charge in [0, 0.05) is 0 Å². The van der Waals surface area contributed by atoms with E-state index in [1.807, 2.05) is 0 Å². The van der Waals surface area contributed by atoms with Gasteiger partial charge in [-0.3, -0.25) is 0 Å². The maximum absolute atomic E-state index is 14.2. The third-order valence-electron chi connectivity index (χ3n) is 5.01. The van der Waals surface area contributed by atoms with Crippen LogP contribution in [0.15, 0.2) is 36.4 Å². The first-order valence-corrected chi connectivity index (χ1v) is 8.24. The van der Waals surface area contributed by atoms with Crippen LogP contribution in [-0.4, -0.2) is 36.2 Å². The van der Waals surface area contributed by atoms with Gasteiger partial charge in [0.1, 0.15) is 0 Å². The van der Waals surface area contributed by atoms with Crippen molar-refractivity contribution >= 4 is 23.9 Å². The lowest BCUT2D eigenvalue weighted by atomic mass is 9.71. The fraction of sp³-hybridized carbons (Fsp3) is 0.238. The van der Waals surface area contributed by atoms with E-state index < -0.39 is 75.0 Å². The molecule has 0 spiro atoms. The zero-order chi connectivity index (χ0) is 22.9. The first-order chi connectivity index (χ1) is 14.3. The zero-order valence-electron chi connectivity index (χ0n) is 14.7. The second-order valence-corrected chi connectivity index (χ2v) is 6.62. The second-order valence-electron chi connectivity index (χ2n) is 6.62. The Kier molecular flexibility index (Phi) is 5.97. The molecular weight excluding hydrogens is 462 g/mol. The van der Waals surface area contributed by atoms with Crippen LogP contribution in [0.1, 0.15) is 67.4 Å². The van der Waals surface area contributed by atoms with Gasteiger partial charge < -0.3 is 9.47 Å². The molecule has 4 rings (SSSR count). The Hall–Kier alpha value is -3.70. The maximum atomic E-state index is 14.2. The van der Waals surface area contributed by atoms with Crippen molar-refractivity contribution in [3.8, 4) is 0 Å². The van der Waals surface area contributed by atoms with E-state index in [4.69, 9.17) is 0 Å². The van der Waals surface area contributed by atoms with E-state index in [-0.39, 0.29) is 27.0 Å². The summed E-state index contributed by atoms with van der Waals surface area (Å²) in [6.07, 6.45) is -12.0. The van der Waals surface area contributed by atoms with Crippen LogP contribution in [0.2, 0.25) is 0 Å². The summed E-state index contributed by atoms with van der Waals surface area (Å²) in [7, 11) is 0. The van der Waals surface area contributed by atoms with Gasteiger partial charge >= 0.3 is 36.2 Å². The number of rotatable bonds is 2. The minimum atomic E-state index is -6.02. The van der Waals surface area contributed by atoms with Crippen molar-refractivity contribution in [1.29, 1.82) is 0 Å². The molecule has 33 heavy (non-hydrogen) atoms. The Bertz CT molecular complexity index is 1100. The number of cyclic esters (lactones) is 4. The fourth-order valence-corrected chi connectivity index (χ4v) is 3.62. The largest absolute Gasteiger partial charge is 0.411 e. The Morgan fingerprint density at radius 1 is 0.515 bits per heavy atom. The fourth-order valence-electron chi connectivity index (χ4n) is 3.62. The lowest BCUT2D eigenvalue weighted by Crippen LogP contribution is -2.55. The third kappa shape index (κ3) is 3.36. The molecule has 2 aromatic rings. The number of hydrogen-bond donors (Lipinski definition) is 0. The van der Waals surface area contributed by atoms with Crippen LogP contribution in [-0.2, 0) is 14.9 Å². The normalized spacial score (nSPS) is 15.2. The quantitative estimate of drug-likeness (QED) is 0.345. The molecule has 0 N–H and O–H groups in total. The van der Waals surface area contributed by atoms with Crippen LogP contribution in [0.4, 0.5) is 26.3 Å². The van der Waals surface area contributed by atoms with Crippen LogP contribution >= 0.6 is 0 Å². The van der Waals surface area contributed by atoms with Crippen molar-refractivity contribution in [1.82, 2.24) is 0 Å². The third-order valence-corrected chi connectivity index (χ3v) is 5.01. The van der Waals surface area contributed by atoms with Crippen LogP contribution < -0.4 is 0 Å². The standard InChI is InChI=1S/C19H6F6O6.2CH4/c20-18(21,22)17(19(23,24)25,7-1-3-9-11(5-7)15(28)30-13(9)26)8-2-4-10-12(6-8)16(29)31-14(10)27;;/h1-6H;2*1H4. The van der Waals surface area contributed by atoms with Gasteiger partial charge in [-0.15, -0.1) is 0 Å². The Morgan fingerprint density at radius 3 is 1.12 bits per heavy atom. The molecule has 0 saturated heterocycles. The second kappa shape index (κ2) is 7.71. The highest BCUT2D eigenvalue weighted by molar-refractivity contribution is 6.15. The van der Waals surface area contributed by atoms with E-state index in [1.165, 1.54) is 0 Å². The SMILES string of the molecule is C.C.O=C1OC(=O)c2cc(C(c3ccc4c(c3)C(=O)OC4=O)(C(F)(F)F)C(F)(F)F)ccc21. The summed E-state index contributed by atoms with van der Waals surface area (Å²) >= 11 is 0. The monoisotopic (exact) mass is 476 g/mol. The number of halogens is 6. The molecule has 0 atom stereocenters. The molecule has 2 heterocycles. The smallest absolute Gasteiger partial charge is 0.386 e. The summed E-state index contributed by atoms with van der Waals surface area (Å²) in [5, 5.41) is 0. The Balaban J connectivity index is 0.00000193. The van der Waals surface area contributed by atoms with Crippen LogP contribution in [0.25, 0.3) is 0 Å². The Labute approximate surface area is 182 Å². The summed E-state index contributed by atoms with van der Waals surface area (Å²) in [6, 6.07) is 2.60. The molecule has 2 aromatic carbocycles. The molecule has 0 radical (unpaired) electrons. The summed E-state index contributed by atoms with van der Waals surface area (Å²) in [6.45, 7) is 0. The highest BCUT2D eigenvalue weighted by atomic mass is 19.4. The lowest BCUT2D eigenvalue weighted by Gasteiger charge is -2.38. The molecule has 0 aliphatic carbocycles. The van der Waals surface area contributed by atoms with E-state index in [0.29, 0.717) is 24.3 Å². The molecule has 0 aromatic heterocycles. The van der Waals surface area contributed by atoms with Crippen LogP contribution in [0, 0.1) is 0 Å². The van der Waals surface area contributed by atoms with Gasteiger partial charge in [-0.1, -0.05) is 27.0 Å². The van der Waals surface area contributed by atoms with Gasteiger partial charge in [0.05, 0.1) is 22.3 Å². The van der Waals surface area contributed by atoms with Crippen molar-refractivity contribution in [3.63, 3.8) is 0 Å². The highest BCUT2D eigenvalue weighted by Gasteiger charge is 2.72. The van der Waals surface area contributed by atoms with Gasteiger partial charge in [0.2, 0.25) is 5.41 Å². The highest BCUT2D eigenvalue weighted by Crippen LogP contribution is 2.56. The zero-order valence-corrected chi connectivity index (χ0v) is 14.7. The van der Waals surface area contributed by atoms with Crippen molar-refractivity contribution in [2.75, 3.05) is 0 Å². The molecule has 176 valence electrons. The molecule has 0 amide bonds. The summed E-state index contributed by atoms with van der Waals surface area (Å²) in [5.41, 5.74) is -10.1. The lowest BCUT2D eigenvalue weighted by molar-refractivity contribution is -0.288. The topological polar surface area (TPSA) is 86.7 Å². The number of benzene rings is 2. The summed E-state index contributed by atoms with van der Waals surface area (Å²) < 4.78 is 93.7. The molecule has 0 unspecified atom stereocenters. The minimum absolute atomic E-state index is 0. The molecule has 0 fully saturated rings. The van der Waals surface area contributed by atoms with Gasteiger partial charge in [0.25, 0.3) is 0 Å². The van der Waals surface area contributed by atoms with Gasteiger partial charge in [-0.25, -0.2) is 19.2 Å². The molecule has 2 aliphatic rings. The van der Waals surface area contributed by atoms with E-state index in [0.717, 1.165) is 0 Å². The van der Waals surface area contributed by atoms with Gasteiger partial charge in [-0.2, -0.15) is 26.3 Å². The number of fused-ring (bicyclic) bond motifs is 2. The predicted octanol–water partition coefficient (Wildman–Crippen LogP) is 4.99. The van der Waals surface area contributed by atoms with Crippen molar-refractivity contribution in [2.45, 2.75) is 32.6 Å². The van der Waals surface area contributed by atoms with Gasteiger partial charge in [-0.05, 0) is 35.4 Å². The minimum Gasteiger partial charge on any atom is -0.386 e. The number of carbonyl (C=O) groups is 4. The maximum Gasteiger partial charge on any atom is 0.411 e.